The molecular weight excluding hydrogens is 276 g/mol. The topological polar surface area (TPSA) is 92.9 Å². The Balaban J connectivity index is 2.33. The SMILES string of the molecule is COC(=O)c1cc(N2CCC[C@@H](CO)C2)ccc1[N+](=O)[O-]. The minimum Gasteiger partial charge on any atom is -0.465 e. The van der Waals surface area contributed by atoms with Gasteiger partial charge in [0.1, 0.15) is 5.56 Å². The van der Waals surface area contributed by atoms with Crippen molar-refractivity contribution in [2.24, 2.45) is 5.92 Å². The van der Waals surface area contributed by atoms with Crippen molar-refractivity contribution in [3.05, 3.63) is 33.9 Å². The van der Waals surface area contributed by atoms with E-state index in [4.69, 9.17) is 0 Å². The van der Waals surface area contributed by atoms with Crippen LogP contribution in [0.15, 0.2) is 18.2 Å². The molecule has 7 heteroatoms. The maximum Gasteiger partial charge on any atom is 0.344 e. The van der Waals surface area contributed by atoms with Crippen molar-refractivity contribution in [2.75, 3.05) is 31.7 Å². The van der Waals surface area contributed by atoms with Gasteiger partial charge in [0.05, 0.1) is 12.0 Å². The van der Waals surface area contributed by atoms with E-state index >= 15 is 0 Å². The van der Waals surface area contributed by atoms with Crippen LogP contribution in [0.4, 0.5) is 11.4 Å². The highest BCUT2D eigenvalue weighted by Crippen LogP contribution is 2.28. The van der Waals surface area contributed by atoms with Gasteiger partial charge in [-0.3, -0.25) is 10.1 Å². The highest BCUT2D eigenvalue weighted by Gasteiger charge is 2.25. The number of rotatable bonds is 4. The standard InChI is InChI=1S/C14H18N2O5/c1-21-14(18)12-7-11(4-5-13(12)16(19)20)15-6-2-3-10(8-15)9-17/h4-5,7,10,17H,2-3,6,8-9H2,1H3/t10-/m1/s1. The summed E-state index contributed by atoms with van der Waals surface area (Å²) >= 11 is 0. The Labute approximate surface area is 122 Å². The summed E-state index contributed by atoms with van der Waals surface area (Å²) in [6, 6.07) is 4.44. The maximum absolute atomic E-state index is 11.7. The van der Waals surface area contributed by atoms with E-state index in [1.54, 1.807) is 6.07 Å². The molecule has 0 aromatic heterocycles. The highest BCUT2D eigenvalue weighted by molar-refractivity contribution is 5.95. The molecule has 0 spiro atoms. The summed E-state index contributed by atoms with van der Waals surface area (Å²) in [7, 11) is 1.20. The van der Waals surface area contributed by atoms with Crippen LogP contribution in [0.5, 0.6) is 0 Å². The number of carbonyl (C=O) groups excluding carboxylic acids is 1. The summed E-state index contributed by atoms with van der Waals surface area (Å²) < 4.78 is 4.61. The van der Waals surface area contributed by atoms with Crippen molar-refractivity contribution in [1.29, 1.82) is 0 Å². The van der Waals surface area contributed by atoms with Crippen molar-refractivity contribution in [2.45, 2.75) is 12.8 Å². The molecular formula is C14H18N2O5. The van der Waals surface area contributed by atoms with E-state index in [0.717, 1.165) is 25.1 Å². The molecule has 1 aromatic rings. The maximum atomic E-state index is 11.7. The molecule has 0 aliphatic carbocycles. The van der Waals surface area contributed by atoms with E-state index in [1.165, 1.54) is 19.2 Å². The number of anilines is 1. The number of carbonyl (C=O) groups is 1. The number of esters is 1. The number of aliphatic hydroxyl groups is 1. The second kappa shape index (κ2) is 6.53. The number of nitro benzene ring substituents is 1. The average molecular weight is 294 g/mol. The molecule has 114 valence electrons. The Morgan fingerprint density at radius 1 is 1.57 bits per heavy atom. The first-order valence-corrected chi connectivity index (χ1v) is 6.79. The first kappa shape index (κ1) is 15.2. The van der Waals surface area contributed by atoms with Gasteiger partial charge in [0.25, 0.3) is 5.69 Å². The molecule has 0 bridgehead atoms. The predicted octanol–water partition coefficient (Wildman–Crippen LogP) is 1.59. The normalized spacial score (nSPS) is 18.4. The zero-order chi connectivity index (χ0) is 15.4. The molecule has 2 rings (SSSR count). The van der Waals surface area contributed by atoms with Crippen LogP contribution in [0.2, 0.25) is 0 Å². The van der Waals surface area contributed by atoms with Crippen LogP contribution >= 0.6 is 0 Å². The molecule has 0 unspecified atom stereocenters. The van der Waals surface area contributed by atoms with Crippen LogP contribution in [-0.2, 0) is 4.74 Å². The third kappa shape index (κ3) is 3.30. The molecule has 1 N–H and O–H groups in total. The molecule has 1 atom stereocenters. The summed E-state index contributed by atoms with van der Waals surface area (Å²) in [5.41, 5.74) is 0.423. The van der Waals surface area contributed by atoms with Crippen LogP contribution in [0.3, 0.4) is 0 Å². The van der Waals surface area contributed by atoms with Gasteiger partial charge in [-0.05, 0) is 30.9 Å². The lowest BCUT2D eigenvalue weighted by Crippen LogP contribution is -2.36. The van der Waals surface area contributed by atoms with E-state index < -0.39 is 10.9 Å². The largest absolute Gasteiger partial charge is 0.465 e. The van der Waals surface area contributed by atoms with Crippen LogP contribution in [0.1, 0.15) is 23.2 Å². The number of nitrogens with zero attached hydrogens (tertiary/aromatic N) is 2. The van der Waals surface area contributed by atoms with E-state index in [9.17, 15) is 20.0 Å². The van der Waals surface area contributed by atoms with Crippen LogP contribution in [-0.4, -0.2) is 42.8 Å². The Morgan fingerprint density at radius 2 is 2.33 bits per heavy atom. The van der Waals surface area contributed by atoms with Gasteiger partial charge in [-0.15, -0.1) is 0 Å². The predicted molar refractivity (Wildman–Crippen MR) is 76.5 cm³/mol. The Hall–Kier alpha value is -2.15. The fraction of sp³-hybridized carbons (Fsp3) is 0.500. The summed E-state index contributed by atoms with van der Waals surface area (Å²) in [5, 5.41) is 20.2. The van der Waals surface area contributed by atoms with Gasteiger partial charge in [0.2, 0.25) is 0 Å². The fourth-order valence-corrected chi connectivity index (χ4v) is 2.60. The second-order valence-electron chi connectivity index (χ2n) is 5.09. The minimum absolute atomic E-state index is 0.0499. The third-order valence-corrected chi connectivity index (χ3v) is 3.72. The summed E-state index contributed by atoms with van der Waals surface area (Å²) in [6.07, 6.45) is 1.90. The molecule has 1 aromatic carbocycles. The van der Waals surface area contributed by atoms with Gasteiger partial charge in [-0.2, -0.15) is 0 Å². The van der Waals surface area contributed by atoms with Gasteiger partial charge in [0, 0.05) is 31.5 Å². The van der Waals surface area contributed by atoms with E-state index in [2.05, 4.69) is 4.74 Å². The average Bonchev–Trinajstić information content (AvgIpc) is 2.53. The quantitative estimate of drug-likeness (QED) is 0.515. The smallest absolute Gasteiger partial charge is 0.344 e. The zero-order valence-corrected chi connectivity index (χ0v) is 11.8. The molecule has 0 amide bonds. The fourth-order valence-electron chi connectivity index (χ4n) is 2.60. The molecule has 1 fully saturated rings. The molecule has 21 heavy (non-hydrogen) atoms. The van der Waals surface area contributed by atoms with E-state index in [0.29, 0.717) is 6.54 Å². The van der Waals surface area contributed by atoms with E-state index in [1.807, 2.05) is 4.90 Å². The van der Waals surface area contributed by atoms with Gasteiger partial charge in [0.15, 0.2) is 0 Å². The monoisotopic (exact) mass is 294 g/mol. The molecule has 0 radical (unpaired) electrons. The number of piperidine rings is 1. The van der Waals surface area contributed by atoms with Gasteiger partial charge in [-0.25, -0.2) is 4.79 Å². The van der Waals surface area contributed by atoms with Crippen LogP contribution in [0.25, 0.3) is 0 Å². The molecule has 1 aliphatic rings. The Bertz CT molecular complexity index is 546. The highest BCUT2D eigenvalue weighted by atomic mass is 16.6. The number of nitro groups is 1. The summed E-state index contributed by atoms with van der Waals surface area (Å²) in [5.74, 6) is -0.533. The van der Waals surface area contributed by atoms with Gasteiger partial charge >= 0.3 is 5.97 Å². The second-order valence-corrected chi connectivity index (χ2v) is 5.09. The minimum atomic E-state index is -0.723. The molecule has 7 nitrogen and oxygen atoms in total. The lowest BCUT2D eigenvalue weighted by atomic mass is 9.98. The van der Waals surface area contributed by atoms with Crippen molar-refractivity contribution in [1.82, 2.24) is 0 Å². The lowest BCUT2D eigenvalue weighted by molar-refractivity contribution is -0.385. The molecule has 0 saturated carbocycles. The number of hydrogen-bond acceptors (Lipinski definition) is 6. The molecule has 1 saturated heterocycles. The summed E-state index contributed by atoms with van der Waals surface area (Å²) in [6.45, 7) is 1.59. The number of methoxy groups -OCH3 is 1. The number of aliphatic hydroxyl groups excluding tert-OH is 1. The number of ether oxygens (including phenoxy) is 1. The first-order chi connectivity index (χ1) is 10.1. The molecule has 1 heterocycles. The van der Waals surface area contributed by atoms with Gasteiger partial charge < -0.3 is 14.7 Å². The van der Waals surface area contributed by atoms with Crippen molar-refractivity contribution in [3.63, 3.8) is 0 Å². The zero-order valence-electron chi connectivity index (χ0n) is 11.8. The lowest BCUT2D eigenvalue weighted by Gasteiger charge is -2.33. The van der Waals surface area contributed by atoms with Crippen molar-refractivity contribution >= 4 is 17.3 Å². The van der Waals surface area contributed by atoms with Gasteiger partial charge in [-0.1, -0.05) is 0 Å². The van der Waals surface area contributed by atoms with Crippen molar-refractivity contribution in [3.8, 4) is 0 Å². The van der Waals surface area contributed by atoms with E-state index in [-0.39, 0.29) is 23.8 Å². The molecule has 1 aliphatic heterocycles. The Morgan fingerprint density at radius 3 is 2.95 bits per heavy atom. The van der Waals surface area contributed by atoms with Crippen LogP contribution in [0, 0.1) is 16.0 Å². The Kier molecular flexibility index (Phi) is 4.74. The van der Waals surface area contributed by atoms with Crippen molar-refractivity contribution < 1.29 is 19.6 Å². The number of benzene rings is 1. The first-order valence-electron chi connectivity index (χ1n) is 6.79. The van der Waals surface area contributed by atoms with Crippen LogP contribution < -0.4 is 4.90 Å². The third-order valence-electron chi connectivity index (χ3n) is 3.72. The summed E-state index contributed by atoms with van der Waals surface area (Å²) in [4.78, 5) is 24.1. The number of hydrogen-bond donors (Lipinski definition) is 1.